The number of nitrogens with one attached hydrogen (secondary N) is 2. The second-order valence-electron chi connectivity index (χ2n) is 4.71. The molecule has 0 saturated carbocycles. The number of para-hydroxylation sites is 1. The largest absolute Gasteiger partial charge is 0.483 e. The molecular weight excluding hydrogens is 352 g/mol. The second kappa shape index (κ2) is 9.00. The number of carbonyl (C=O) groups excluding carboxylic acids is 2. The van der Waals surface area contributed by atoms with Gasteiger partial charge in [-0.25, -0.2) is 5.84 Å². The fourth-order valence-corrected chi connectivity index (χ4v) is 2.42. The summed E-state index contributed by atoms with van der Waals surface area (Å²) in [5.41, 5.74) is 2.64. The van der Waals surface area contributed by atoms with Crippen molar-refractivity contribution in [3.05, 3.63) is 54.1 Å². The van der Waals surface area contributed by atoms with Gasteiger partial charge in [0.1, 0.15) is 5.75 Å². The van der Waals surface area contributed by atoms with Crippen LogP contribution in [0.1, 0.15) is 10.4 Å². The summed E-state index contributed by atoms with van der Waals surface area (Å²) in [5, 5.41) is 2.57. The van der Waals surface area contributed by atoms with Crippen molar-refractivity contribution in [2.75, 3.05) is 11.9 Å². The first-order chi connectivity index (χ1) is 12.0. The maximum Gasteiger partial charge on any atom is 0.288 e. The van der Waals surface area contributed by atoms with E-state index < -0.39 is 17.6 Å². The number of carbonyl (C=O) groups is 2. The van der Waals surface area contributed by atoms with Gasteiger partial charge in [0.05, 0.1) is 5.56 Å². The average molecular weight is 367 g/mol. The predicted molar refractivity (Wildman–Crippen MR) is 90.5 cm³/mol. The monoisotopic (exact) mass is 367 g/mol. The molecule has 0 atom stereocenters. The van der Waals surface area contributed by atoms with Crippen LogP contribution in [0.4, 0.5) is 14.5 Å². The molecule has 0 aliphatic carbocycles. The lowest BCUT2D eigenvalue weighted by atomic mass is 10.2. The van der Waals surface area contributed by atoms with Crippen LogP contribution in [0.2, 0.25) is 0 Å². The molecule has 0 bridgehead atoms. The summed E-state index contributed by atoms with van der Waals surface area (Å²) in [6.45, 7) is -0.331. The number of alkyl halides is 2. The van der Waals surface area contributed by atoms with Crippen LogP contribution in [0.25, 0.3) is 0 Å². The van der Waals surface area contributed by atoms with Gasteiger partial charge in [0.25, 0.3) is 17.6 Å². The molecule has 25 heavy (non-hydrogen) atoms. The number of thioether (sulfide) groups is 1. The van der Waals surface area contributed by atoms with Crippen LogP contribution in [-0.2, 0) is 4.79 Å². The minimum Gasteiger partial charge on any atom is -0.483 e. The zero-order chi connectivity index (χ0) is 18.2. The SMILES string of the molecule is NNC(=O)c1ccccc1OCC(=O)Nc1ccc(SC(F)F)cc1. The molecule has 0 fully saturated rings. The summed E-state index contributed by atoms with van der Waals surface area (Å²) in [4.78, 5) is 23.9. The van der Waals surface area contributed by atoms with Crippen LogP contribution >= 0.6 is 11.8 Å². The molecule has 0 spiro atoms. The number of nitrogen functional groups attached to an aromatic ring is 1. The van der Waals surface area contributed by atoms with Gasteiger partial charge in [-0.3, -0.25) is 15.0 Å². The number of ether oxygens (including phenoxy) is 1. The molecule has 0 saturated heterocycles. The van der Waals surface area contributed by atoms with Gasteiger partial charge in [0.2, 0.25) is 0 Å². The number of halogens is 2. The van der Waals surface area contributed by atoms with Crippen LogP contribution < -0.4 is 21.3 Å². The fraction of sp³-hybridized carbons (Fsp3) is 0.125. The average Bonchev–Trinajstić information content (AvgIpc) is 2.61. The van der Waals surface area contributed by atoms with Gasteiger partial charge in [-0.15, -0.1) is 0 Å². The third-order valence-electron chi connectivity index (χ3n) is 2.98. The Morgan fingerprint density at radius 2 is 1.80 bits per heavy atom. The molecule has 2 amide bonds. The van der Waals surface area contributed by atoms with Gasteiger partial charge in [-0.2, -0.15) is 8.78 Å². The summed E-state index contributed by atoms with van der Waals surface area (Å²) < 4.78 is 29.8. The van der Waals surface area contributed by atoms with Gasteiger partial charge in [0, 0.05) is 10.6 Å². The van der Waals surface area contributed by atoms with Crippen LogP contribution in [0.3, 0.4) is 0 Å². The lowest BCUT2D eigenvalue weighted by molar-refractivity contribution is -0.118. The molecule has 132 valence electrons. The molecule has 4 N–H and O–H groups in total. The lowest BCUT2D eigenvalue weighted by Crippen LogP contribution is -2.30. The fourth-order valence-electron chi connectivity index (χ4n) is 1.92. The molecule has 0 heterocycles. The van der Waals surface area contributed by atoms with E-state index in [0.717, 1.165) is 0 Å². The van der Waals surface area contributed by atoms with E-state index in [-0.39, 0.29) is 17.9 Å². The predicted octanol–water partition coefficient (Wildman–Crippen LogP) is 2.62. The summed E-state index contributed by atoms with van der Waals surface area (Å²) in [5.74, 6) is 1.80. The van der Waals surface area contributed by atoms with E-state index in [1.165, 1.54) is 36.4 Å². The Balaban J connectivity index is 1.92. The Kier molecular flexibility index (Phi) is 6.72. The molecule has 0 unspecified atom stereocenters. The standard InChI is InChI=1S/C16H15F2N3O3S/c17-16(18)25-11-7-5-10(6-8-11)20-14(22)9-24-13-4-2-1-3-12(13)15(23)21-19/h1-8,16H,9,19H2,(H,20,22)(H,21,23). The minimum absolute atomic E-state index is 0.200. The van der Waals surface area contributed by atoms with E-state index in [9.17, 15) is 18.4 Å². The first kappa shape index (κ1) is 18.7. The summed E-state index contributed by atoms with van der Waals surface area (Å²) in [6, 6.07) is 12.3. The Hall–Kier alpha value is -2.65. The van der Waals surface area contributed by atoms with E-state index in [0.29, 0.717) is 22.3 Å². The number of hydrazine groups is 1. The van der Waals surface area contributed by atoms with Gasteiger partial charge < -0.3 is 10.1 Å². The Labute approximate surface area is 146 Å². The number of rotatable bonds is 7. The molecule has 0 aliphatic rings. The van der Waals surface area contributed by atoms with Crippen molar-refractivity contribution in [3.8, 4) is 5.75 Å². The highest BCUT2D eigenvalue weighted by Gasteiger charge is 2.12. The van der Waals surface area contributed by atoms with Gasteiger partial charge in [-0.1, -0.05) is 23.9 Å². The van der Waals surface area contributed by atoms with Crippen molar-refractivity contribution in [2.24, 2.45) is 5.84 Å². The molecule has 9 heteroatoms. The zero-order valence-electron chi connectivity index (χ0n) is 12.9. The molecule has 0 radical (unpaired) electrons. The molecule has 2 aromatic rings. The van der Waals surface area contributed by atoms with Crippen molar-refractivity contribution >= 4 is 29.3 Å². The Morgan fingerprint density at radius 1 is 1.12 bits per heavy atom. The second-order valence-corrected chi connectivity index (χ2v) is 5.77. The van der Waals surface area contributed by atoms with Crippen LogP contribution in [0, 0.1) is 0 Å². The molecular formula is C16H15F2N3O3S. The van der Waals surface area contributed by atoms with E-state index in [4.69, 9.17) is 10.6 Å². The lowest BCUT2D eigenvalue weighted by Gasteiger charge is -2.11. The van der Waals surface area contributed by atoms with Crippen LogP contribution in [0.15, 0.2) is 53.4 Å². The maximum atomic E-state index is 12.2. The highest BCUT2D eigenvalue weighted by molar-refractivity contribution is 7.99. The molecule has 0 aliphatic heterocycles. The molecule has 6 nitrogen and oxygen atoms in total. The first-order valence-corrected chi connectivity index (χ1v) is 7.95. The summed E-state index contributed by atoms with van der Waals surface area (Å²) in [6.07, 6.45) is 0. The number of amides is 2. The number of nitrogens with two attached hydrogens (primary N) is 1. The highest BCUT2D eigenvalue weighted by Crippen LogP contribution is 2.26. The quantitative estimate of drug-likeness (QED) is 0.303. The Bertz CT molecular complexity index is 742. The van der Waals surface area contributed by atoms with Crippen molar-refractivity contribution in [2.45, 2.75) is 10.7 Å². The minimum atomic E-state index is -2.50. The van der Waals surface area contributed by atoms with E-state index in [2.05, 4.69) is 5.32 Å². The van der Waals surface area contributed by atoms with Crippen molar-refractivity contribution in [1.82, 2.24) is 5.43 Å². The number of hydrogen-bond donors (Lipinski definition) is 3. The van der Waals surface area contributed by atoms with Crippen molar-refractivity contribution in [1.29, 1.82) is 0 Å². The van der Waals surface area contributed by atoms with Gasteiger partial charge >= 0.3 is 0 Å². The first-order valence-electron chi connectivity index (χ1n) is 7.07. The number of benzene rings is 2. The number of hydrogen-bond acceptors (Lipinski definition) is 5. The van der Waals surface area contributed by atoms with Crippen molar-refractivity contribution in [3.63, 3.8) is 0 Å². The summed E-state index contributed by atoms with van der Waals surface area (Å²) >= 11 is 0.421. The normalized spacial score (nSPS) is 10.4. The van der Waals surface area contributed by atoms with E-state index in [1.807, 2.05) is 5.43 Å². The van der Waals surface area contributed by atoms with Gasteiger partial charge in [-0.05, 0) is 36.4 Å². The molecule has 0 aromatic heterocycles. The van der Waals surface area contributed by atoms with E-state index in [1.54, 1.807) is 12.1 Å². The Morgan fingerprint density at radius 3 is 2.44 bits per heavy atom. The zero-order valence-corrected chi connectivity index (χ0v) is 13.7. The summed E-state index contributed by atoms with van der Waals surface area (Å²) in [7, 11) is 0. The van der Waals surface area contributed by atoms with Crippen LogP contribution in [-0.4, -0.2) is 24.2 Å². The maximum absolute atomic E-state index is 12.2. The van der Waals surface area contributed by atoms with Crippen LogP contribution in [0.5, 0.6) is 5.75 Å². The molecule has 2 rings (SSSR count). The number of anilines is 1. The third kappa shape index (κ3) is 5.73. The topological polar surface area (TPSA) is 93.4 Å². The van der Waals surface area contributed by atoms with Crippen molar-refractivity contribution < 1.29 is 23.1 Å². The third-order valence-corrected chi connectivity index (χ3v) is 3.71. The smallest absolute Gasteiger partial charge is 0.288 e. The van der Waals surface area contributed by atoms with E-state index >= 15 is 0 Å². The highest BCUT2D eigenvalue weighted by atomic mass is 32.2. The van der Waals surface area contributed by atoms with Gasteiger partial charge in [0.15, 0.2) is 6.61 Å². The molecule has 2 aromatic carbocycles.